The van der Waals surface area contributed by atoms with Gasteiger partial charge in [0.2, 0.25) is 0 Å². The van der Waals surface area contributed by atoms with E-state index in [4.69, 9.17) is 0 Å². The number of halogens is 1. The predicted molar refractivity (Wildman–Crippen MR) is 80.6 cm³/mol. The van der Waals surface area contributed by atoms with Gasteiger partial charge in [0, 0.05) is 5.69 Å². The average Bonchev–Trinajstić information content (AvgIpc) is 2.94. The first-order valence-electron chi connectivity index (χ1n) is 5.77. The minimum Gasteiger partial charge on any atom is -0.379 e. The molecule has 0 atom stereocenters. The molecule has 1 aromatic carbocycles. The molecule has 0 aliphatic heterocycles. The maximum atomic E-state index is 4.35. The fourth-order valence-corrected chi connectivity index (χ4v) is 3.71. The molecule has 1 aliphatic carbocycles. The van der Waals surface area contributed by atoms with E-state index < -0.39 is 0 Å². The van der Waals surface area contributed by atoms with Crippen LogP contribution in [0.4, 0.5) is 5.69 Å². The molecule has 0 radical (unpaired) electrons. The van der Waals surface area contributed by atoms with Gasteiger partial charge < -0.3 is 5.32 Å². The number of anilines is 1. The molecule has 1 aromatic heterocycles. The molecule has 1 N–H and O–H groups in total. The maximum Gasteiger partial charge on any atom is 0.113 e. The third kappa shape index (κ3) is 2.63. The van der Waals surface area contributed by atoms with Crippen molar-refractivity contribution in [2.24, 2.45) is 0 Å². The molecule has 1 heterocycles. The number of hydrogen-bond acceptors (Lipinski definition) is 3. The van der Waals surface area contributed by atoms with Crippen molar-refractivity contribution in [3.8, 4) is 0 Å². The monoisotopic (exact) mass is 356 g/mol. The summed E-state index contributed by atoms with van der Waals surface area (Å²) in [5, 5.41) is 4.60. The second-order valence-corrected chi connectivity index (χ2v) is 7.26. The highest BCUT2D eigenvalue weighted by Crippen LogP contribution is 2.25. The highest BCUT2D eigenvalue weighted by molar-refractivity contribution is 14.1. The van der Waals surface area contributed by atoms with E-state index in [-0.39, 0.29) is 0 Å². The van der Waals surface area contributed by atoms with E-state index >= 15 is 0 Å². The van der Waals surface area contributed by atoms with E-state index in [1.807, 2.05) is 6.20 Å². The van der Waals surface area contributed by atoms with E-state index in [1.165, 1.54) is 39.0 Å². The predicted octanol–water partition coefficient (Wildman–Crippen LogP) is 3.85. The standard InChI is InChI=1S/C13H13IN2S/c14-12-7-16-13(17-12)8-15-11-5-4-9-2-1-3-10(9)6-11/h4-7,15H,1-3,8H2. The summed E-state index contributed by atoms with van der Waals surface area (Å²) in [6.07, 6.45) is 5.72. The van der Waals surface area contributed by atoms with Crippen LogP contribution in [0.1, 0.15) is 22.6 Å². The largest absolute Gasteiger partial charge is 0.379 e. The Morgan fingerprint density at radius 2 is 2.18 bits per heavy atom. The summed E-state index contributed by atoms with van der Waals surface area (Å²) in [7, 11) is 0. The van der Waals surface area contributed by atoms with E-state index in [0.29, 0.717) is 0 Å². The molecule has 0 unspecified atom stereocenters. The van der Waals surface area contributed by atoms with Crippen LogP contribution in [-0.2, 0) is 19.4 Å². The van der Waals surface area contributed by atoms with E-state index in [2.05, 4.69) is 51.1 Å². The van der Waals surface area contributed by atoms with Crippen molar-refractivity contribution in [3.63, 3.8) is 0 Å². The number of hydrogen-bond donors (Lipinski definition) is 1. The Balaban J connectivity index is 1.69. The maximum absolute atomic E-state index is 4.35. The minimum atomic E-state index is 0.826. The van der Waals surface area contributed by atoms with Crippen molar-refractivity contribution in [1.82, 2.24) is 4.98 Å². The summed E-state index contributed by atoms with van der Waals surface area (Å²) < 4.78 is 1.24. The minimum absolute atomic E-state index is 0.826. The molecule has 3 rings (SSSR count). The second-order valence-electron chi connectivity index (χ2n) is 4.25. The molecule has 0 saturated heterocycles. The number of nitrogens with zero attached hydrogens (tertiary/aromatic N) is 1. The summed E-state index contributed by atoms with van der Waals surface area (Å²) in [5.74, 6) is 0. The lowest BCUT2D eigenvalue weighted by molar-refractivity contribution is 0.912. The van der Waals surface area contributed by atoms with Crippen molar-refractivity contribution < 1.29 is 0 Å². The van der Waals surface area contributed by atoms with Crippen LogP contribution in [0, 0.1) is 2.88 Å². The molecular formula is C13H13IN2S. The van der Waals surface area contributed by atoms with Gasteiger partial charge >= 0.3 is 0 Å². The molecular weight excluding hydrogens is 343 g/mol. The van der Waals surface area contributed by atoms with Crippen molar-refractivity contribution in [1.29, 1.82) is 0 Å². The number of aryl methyl sites for hydroxylation is 2. The smallest absolute Gasteiger partial charge is 0.113 e. The first kappa shape index (κ1) is 11.5. The molecule has 2 aromatic rings. The van der Waals surface area contributed by atoms with Crippen molar-refractivity contribution in [3.05, 3.63) is 43.4 Å². The lowest BCUT2D eigenvalue weighted by atomic mass is 10.1. The zero-order valence-corrected chi connectivity index (χ0v) is 12.3. The third-order valence-corrected chi connectivity index (χ3v) is 4.79. The van der Waals surface area contributed by atoms with Crippen LogP contribution < -0.4 is 5.32 Å². The Hall–Kier alpha value is -0.620. The topological polar surface area (TPSA) is 24.9 Å². The number of rotatable bonds is 3. The van der Waals surface area contributed by atoms with Crippen molar-refractivity contribution in [2.75, 3.05) is 5.32 Å². The van der Waals surface area contributed by atoms with Crippen LogP contribution in [0.15, 0.2) is 24.4 Å². The SMILES string of the molecule is Ic1cnc(CNc2ccc3c(c2)CCC3)s1. The normalized spacial score (nSPS) is 13.7. The number of nitrogens with one attached hydrogen (secondary N) is 1. The van der Waals surface area contributed by atoms with Gasteiger partial charge in [-0.3, -0.25) is 0 Å². The van der Waals surface area contributed by atoms with Gasteiger partial charge in [-0.25, -0.2) is 4.98 Å². The fourth-order valence-electron chi connectivity index (χ4n) is 2.23. The van der Waals surface area contributed by atoms with Crippen LogP contribution in [0.25, 0.3) is 0 Å². The molecule has 0 amide bonds. The van der Waals surface area contributed by atoms with Gasteiger partial charge in [-0.05, 0) is 65.1 Å². The molecule has 17 heavy (non-hydrogen) atoms. The van der Waals surface area contributed by atoms with Gasteiger partial charge in [0.1, 0.15) is 5.01 Å². The highest BCUT2D eigenvalue weighted by Gasteiger charge is 2.10. The molecule has 2 nitrogen and oxygen atoms in total. The lowest BCUT2D eigenvalue weighted by Gasteiger charge is -2.06. The Morgan fingerprint density at radius 1 is 1.29 bits per heavy atom. The molecule has 0 fully saturated rings. The molecule has 88 valence electrons. The summed E-state index contributed by atoms with van der Waals surface area (Å²) in [6, 6.07) is 6.74. The molecule has 0 bridgehead atoms. The van der Waals surface area contributed by atoms with Gasteiger partial charge in [-0.15, -0.1) is 11.3 Å². The number of benzene rings is 1. The van der Waals surface area contributed by atoms with E-state index in [1.54, 1.807) is 11.3 Å². The van der Waals surface area contributed by atoms with Crippen LogP contribution in [0.2, 0.25) is 0 Å². The van der Waals surface area contributed by atoms with Crippen LogP contribution in [0.3, 0.4) is 0 Å². The molecule has 0 saturated carbocycles. The third-order valence-electron chi connectivity index (χ3n) is 3.07. The van der Waals surface area contributed by atoms with Gasteiger partial charge in [0.25, 0.3) is 0 Å². The fraction of sp³-hybridized carbons (Fsp3) is 0.308. The highest BCUT2D eigenvalue weighted by atomic mass is 127. The van der Waals surface area contributed by atoms with Gasteiger partial charge in [-0.2, -0.15) is 0 Å². The Kier molecular flexibility index (Phi) is 3.33. The van der Waals surface area contributed by atoms with Crippen molar-refractivity contribution in [2.45, 2.75) is 25.8 Å². The summed E-state index contributed by atoms with van der Waals surface area (Å²) in [5.41, 5.74) is 4.26. The van der Waals surface area contributed by atoms with Gasteiger partial charge in [0.15, 0.2) is 0 Å². The summed E-state index contributed by atoms with van der Waals surface area (Å²) in [4.78, 5) is 4.35. The average molecular weight is 356 g/mol. The first-order valence-corrected chi connectivity index (χ1v) is 7.67. The van der Waals surface area contributed by atoms with Crippen LogP contribution in [0.5, 0.6) is 0 Å². The summed E-state index contributed by atoms with van der Waals surface area (Å²) >= 11 is 4.05. The Labute approximate surface area is 119 Å². The van der Waals surface area contributed by atoms with E-state index in [9.17, 15) is 0 Å². The molecule has 0 spiro atoms. The van der Waals surface area contributed by atoms with E-state index in [0.717, 1.165) is 11.6 Å². The Morgan fingerprint density at radius 3 is 3.00 bits per heavy atom. The molecule has 4 heteroatoms. The number of thiazole rings is 1. The molecule has 1 aliphatic rings. The zero-order chi connectivity index (χ0) is 11.7. The Bertz CT molecular complexity index is 536. The second kappa shape index (κ2) is 4.94. The van der Waals surface area contributed by atoms with Gasteiger partial charge in [0.05, 0.1) is 15.6 Å². The quantitative estimate of drug-likeness (QED) is 0.846. The number of fused-ring (bicyclic) bond motifs is 1. The zero-order valence-electron chi connectivity index (χ0n) is 9.37. The van der Waals surface area contributed by atoms with Gasteiger partial charge in [-0.1, -0.05) is 6.07 Å². The van der Waals surface area contributed by atoms with Crippen LogP contribution in [-0.4, -0.2) is 4.98 Å². The number of aromatic nitrogens is 1. The lowest BCUT2D eigenvalue weighted by Crippen LogP contribution is -1.99. The van der Waals surface area contributed by atoms with Crippen LogP contribution >= 0.6 is 33.9 Å². The first-order chi connectivity index (χ1) is 8.31. The summed E-state index contributed by atoms with van der Waals surface area (Å²) in [6.45, 7) is 0.826. The van der Waals surface area contributed by atoms with Crippen molar-refractivity contribution >= 4 is 39.6 Å².